The predicted octanol–water partition coefficient (Wildman–Crippen LogP) is 2.58. The van der Waals surface area contributed by atoms with Crippen LogP contribution in [0.25, 0.3) is 0 Å². The lowest BCUT2D eigenvalue weighted by Crippen LogP contribution is -2.39. The molecule has 5 nitrogen and oxygen atoms in total. The Balaban J connectivity index is 3.78. The van der Waals surface area contributed by atoms with Gasteiger partial charge in [-0.3, -0.25) is 9.79 Å². The van der Waals surface area contributed by atoms with Gasteiger partial charge < -0.3 is 15.0 Å². The van der Waals surface area contributed by atoms with Crippen molar-refractivity contribution >= 4 is 11.9 Å². The first-order chi connectivity index (χ1) is 10.2. The molecule has 122 valence electrons. The van der Waals surface area contributed by atoms with E-state index in [1.807, 2.05) is 20.0 Å². The van der Waals surface area contributed by atoms with Gasteiger partial charge in [-0.15, -0.1) is 6.58 Å². The van der Waals surface area contributed by atoms with Gasteiger partial charge in [-0.1, -0.05) is 12.5 Å². The molecule has 0 rings (SSSR count). The van der Waals surface area contributed by atoms with Crippen LogP contribution in [-0.2, 0) is 9.53 Å². The quantitative estimate of drug-likeness (QED) is 0.209. The summed E-state index contributed by atoms with van der Waals surface area (Å²) in [6, 6.07) is 0. The van der Waals surface area contributed by atoms with Crippen molar-refractivity contribution in [1.29, 1.82) is 0 Å². The molecular weight excluding hydrogens is 266 g/mol. The molecule has 0 aliphatic carbocycles. The molecule has 0 aromatic rings. The Labute approximate surface area is 129 Å². The van der Waals surface area contributed by atoms with Crippen molar-refractivity contribution in [2.24, 2.45) is 4.99 Å². The number of allylic oxidation sites excluding steroid dienone is 1. The molecule has 0 aliphatic heterocycles. The molecule has 0 saturated carbocycles. The number of ether oxygens (including phenoxy) is 1. The molecule has 0 aromatic carbocycles. The predicted molar refractivity (Wildman–Crippen MR) is 88.5 cm³/mol. The first-order valence-electron chi connectivity index (χ1n) is 7.84. The molecule has 0 unspecified atom stereocenters. The summed E-state index contributed by atoms with van der Waals surface area (Å²) in [5, 5.41) is 3.27. The van der Waals surface area contributed by atoms with E-state index in [0.29, 0.717) is 13.0 Å². The van der Waals surface area contributed by atoms with E-state index in [0.717, 1.165) is 38.3 Å². The second-order valence-corrected chi connectivity index (χ2v) is 4.94. The molecule has 0 amide bonds. The van der Waals surface area contributed by atoms with Gasteiger partial charge in [-0.25, -0.2) is 0 Å². The maximum Gasteiger partial charge on any atom is 0.305 e. The lowest BCUT2D eigenvalue weighted by molar-refractivity contribution is -0.143. The van der Waals surface area contributed by atoms with Gasteiger partial charge in [0.15, 0.2) is 5.96 Å². The molecular formula is C16H31N3O2. The Morgan fingerprint density at radius 2 is 2.10 bits per heavy atom. The van der Waals surface area contributed by atoms with Gasteiger partial charge >= 0.3 is 5.97 Å². The molecule has 0 heterocycles. The number of rotatable bonds is 11. The van der Waals surface area contributed by atoms with E-state index >= 15 is 0 Å². The Morgan fingerprint density at radius 1 is 1.33 bits per heavy atom. The minimum Gasteiger partial charge on any atom is -0.466 e. The monoisotopic (exact) mass is 297 g/mol. The van der Waals surface area contributed by atoms with E-state index in [1.54, 1.807) is 7.05 Å². The number of guanidine groups is 1. The fraction of sp³-hybridized carbons (Fsp3) is 0.750. The number of carbonyl (C=O) groups is 1. The fourth-order valence-corrected chi connectivity index (χ4v) is 1.97. The molecule has 5 heteroatoms. The number of nitrogens with zero attached hydrogens (tertiary/aromatic N) is 2. The van der Waals surface area contributed by atoms with E-state index in [1.165, 1.54) is 12.8 Å². The second-order valence-electron chi connectivity index (χ2n) is 4.94. The summed E-state index contributed by atoms with van der Waals surface area (Å²) in [4.78, 5) is 17.6. The average molecular weight is 297 g/mol. The Hall–Kier alpha value is -1.52. The molecule has 0 fully saturated rings. The number of esters is 1. The summed E-state index contributed by atoms with van der Waals surface area (Å²) in [7, 11) is 3.82. The smallest absolute Gasteiger partial charge is 0.305 e. The highest BCUT2D eigenvalue weighted by molar-refractivity contribution is 5.79. The van der Waals surface area contributed by atoms with E-state index in [2.05, 4.69) is 21.8 Å². The van der Waals surface area contributed by atoms with Crippen molar-refractivity contribution in [3.63, 3.8) is 0 Å². The molecule has 0 saturated heterocycles. The molecule has 0 aromatic heterocycles. The summed E-state index contributed by atoms with van der Waals surface area (Å²) in [5.41, 5.74) is 0. The van der Waals surface area contributed by atoms with Crippen LogP contribution in [0.2, 0.25) is 0 Å². The molecule has 0 spiro atoms. The third-order valence-electron chi connectivity index (χ3n) is 3.12. The van der Waals surface area contributed by atoms with Crippen molar-refractivity contribution in [3.8, 4) is 0 Å². The number of aliphatic imine (C=N–C) groups is 1. The molecule has 21 heavy (non-hydrogen) atoms. The lowest BCUT2D eigenvalue weighted by Gasteiger charge is -2.22. The first kappa shape index (κ1) is 19.5. The molecule has 0 radical (unpaired) electrons. The highest BCUT2D eigenvalue weighted by atomic mass is 16.5. The van der Waals surface area contributed by atoms with Gasteiger partial charge in [0.25, 0.3) is 0 Å². The van der Waals surface area contributed by atoms with Gasteiger partial charge in [0.2, 0.25) is 0 Å². The largest absolute Gasteiger partial charge is 0.466 e. The summed E-state index contributed by atoms with van der Waals surface area (Å²) >= 11 is 0. The SMILES string of the molecule is C=CCCCCCN(C)C(=NC)NCCCC(=O)OCC. The maximum atomic E-state index is 11.2. The van der Waals surface area contributed by atoms with E-state index in [-0.39, 0.29) is 5.97 Å². The molecule has 1 N–H and O–H groups in total. The zero-order valence-corrected chi connectivity index (χ0v) is 13.9. The summed E-state index contributed by atoms with van der Waals surface area (Å²) in [6.45, 7) is 7.71. The fourth-order valence-electron chi connectivity index (χ4n) is 1.97. The van der Waals surface area contributed by atoms with Crippen LogP contribution in [0.3, 0.4) is 0 Å². The van der Waals surface area contributed by atoms with Crippen LogP contribution in [0, 0.1) is 0 Å². The Morgan fingerprint density at radius 3 is 2.71 bits per heavy atom. The van der Waals surface area contributed by atoms with Crippen LogP contribution in [0.5, 0.6) is 0 Å². The van der Waals surface area contributed by atoms with Gasteiger partial charge in [0, 0.05) is 33.6 Å². The average Bonchev–Trinajstić information content (AvgIpc) is 2.47. The molecule has 0 aliphatic rings. The standard InChI is InChI=1S/C16H31N3O2/c1-5-7-8-9-10-14-19(4)16(17-3)18-13-11-12-15(20)21-6-2/h5H,1,6-14H2,2-4H3,(H,17,18). The van der Waals surface area contributed by atoms with E-state index in [4.69, 9.17) is 4.74 Å². The topological polar surface area (TPSA) is 53.9 Å². The summed E-state index contributed by atoms with van der Waals surface area (Å²) in [6.07, 6.45) is 7.80. The maximum absolute atomic E-state index is 11.2. The minimum atomic E-state index is -0.134. The highest BCUT2D eigenvalue weighted by Crippen LogP contribution is 2.01. The zero-order chi connectivity index (χ0) is 15.9. The Bertz CT molecular complexity index is 317. The van der Waals surface area contributed by atoms with Gasteiger partial charge in [0.05, 0.1) is 6.61 Å². The minimum absolute atomic E-state index is 0.134. The van der Waals surface area contributed by atoms with Crippen LogP contribution in [-0.4, -0.2) is 50.6 Å². The van der Waals surface area contributed by atoms with Crippen molar-refractivity contribution < 1.29 is 9.53 Å². The number of hydrogen-bond acceptors (Lipinski definition) is 3. The van der Waals surface area contributed by atoms with Crippen LogP contribution in [0.4, 0.5) is 0 Å². The van der Waals surface area contributed by atoms with Crippen molar-refractivity contribution in [2.75, 3.05) is 33.8 Å². The Kier molecular flexibility index (Phi) is 12.5. The number of carbonyl (C=O) groups excluding carboxylic acids is 1. The highest BCUT2D eigenvalue weighted by Gasteiger charge is 2.06. The van der Waals surface area contributed by atoms with Crippen molar-refractivity contribution in [3.05, 3.63) is 12.7 Å². The van der Waals surface area contributed by atoms with E-state index in [9.17, 15) is 4.79 Å². The number of nitrogens with one attached hydrogen (secondary N) is 1. The van der Waals surface area contributed by atoms with Gasteiger partial charge in [0.1, 0.15) is 0 Å². The van der Waals surface area contributed by atoms with Crippen LogP contribution in [0.1, 0.15) is 45.4 Å². The van der Waals surface area contributed by atoms with Crippen LogP contribution < -0.4 is 5.32 Å². The molecule has 0 atom stereocenters. The normalized spacial score (nSPS) is 11.1. The van der Waals surface area contributed by atoms with Crippen molar-refractivity contribution in [1.82, 2.24) is 10.2 Å². The van der Waals surface area contributed by atoms with E-state index < -0.39 is 0 Å². The van der Waals surface area contributed by atoms with Crippen LogP contribution in [0.15, 0.2) is 17.6 Å². The third kappa shape index (κ3) is 10.9. The van der Waals surface area contributed by atoms with Gasteiger partial charge in [-0.2, -0.15) is 0 Å². The number of unbranched alkanes of at least 4 members (excludes halogenated alkanes) is 3. The zero-order valence-electron chi connectivity index (χ0n) is 13.9. The van der Waals surface area contributed by atoms with Gasteiger partial charge in [-0.05, 0) is 32.6 Å². The first-order valence-corrected chi connectivity index (χ1v) is 7.84. The molecule has 0 bridgehead atoms. The second kappa shape index (κ2) is 13.5. The van der Waals surface area contributed by atoms with Crippen molar-refractivity contribution in [2.45, 2.75) is 45.4 Å². The lowest BCUT2D eigenvalue weighted by atomic mass is 10.2. The van der Waals surface area contributed by atoms with Crippen LogP contribution >= 0.6 is 0 Å². The number of hydrogen-bond donors (Lipinski definition) is 1. The third-order valence-corrected chi connectivity index (χ3v) is 3.12. The summed E-state index contributed by atoms with van der Waals surface area (Å²) in [5.74, 6) is 0.743. The summed E-state index contributed by atoms with van der Waals surface area (Å²) < 4.78 is 4.89.